The SMILES string of the molecule is O=C(O)CC1(c2ccc(-n3nccn3)cc2)CC1. The van der Waals surface area contributed by atoms with Gasteiger partial charge in [-0.2, -0.15) is 15.0 Å². The van der Waals surface area contributed by atoms with E-state index in [2.05, 4.69) is 10.2 Å². The summed E-state index contributed by atoms with van der Waals surface area (Å²) >= 11 is 0. The fourth-order valence-corrected chi connectivity index (χ4v) is 2.31. The van der Waals surface area contributed by atoms with Gasteiger partial charge in [-0.25, -0.2) is 0 Å². The predicted molar refractivity (Wildman–Crippen MR) is 64.5 cm³/mol. The van der Waals surface area contributed by atoms with Crippen molar-refractivity contribution in [2.45, 2.75) is 24.7 Å². The van der Waals surface area contributed by atoms with Crippen LogP contribution in [0.25, 0.3) is 5.69 Å². The molecule has 1 heterocycles. The van der Waals surface area contributed by atoms with Crippen LogP contribution < -0.4 is 0 Å². The highest BCUT2D eigenvalue weighted by Crippen LogP contribution is 2.51. The van der Waals surface area contributed by atoms with Crippen LogP contribution in [0.4, 0.5) is 0 Å². The molecule has 5 nitrogen and oxygen atoms in total. The summed E-state index contributed by atoms with van der Waals surface area (Å²) in [7, 11) is 0. The van der Waals surface area contributed by atoms with Gasteiger partial charge in [-0.05, 0) is 30.5 Å². The Morgan fingerprint density at radius 3 is 2.33 bits per heavy atom. The first-order valence-electron chi connectivity index (χ1n) is 5.89. The summed E-state index contributed by atoms with van der Waals surface area (Å²) in [6, 6.07) is 7.82. The lowest BCUT2D eigenvalue weighted by Gasteiger charge is -2.13. The van der Waals surface area contributed by atoms with Gasteiger partial charge in [-0.3, -0.25) is 4.79 Å². The highest BCUT2D eigenvalue weighted by atomic mass is 16.4. The minimum Gasteiger partial charge on any atom is -0.481 e. The molecule has 1 fully saturated rings. The second-order valence-corrected chi connectivity index (χ2v) is 4.72. The van der Waals surface area contributed by atoms with Gasteiger partial charge in [-0.1, -0.05) is 12.1 Å². The van der Waals surface area contributed by atoms with Gasteiger partial charge in [0.05, 0.1) is 24.5 Å². The Hall–Kier alpha value is -2.17. The topological polar surface area (TPSA) is 68.0 Å². The van der Waals surface area contributed by atoms with E-state index < -0.39 is 5.97 Å². The number of carboxylic acid groups (broad SMARTS) is 1. The van der Waals surface area contributed by atoms with E-state index in [0.717, 1.165) is 24.1 Å². The average molecular weight is 243 g/mol. The quantitative estimate of drug-likeness (QED) is 0.888. The molecule has 0 atom stereocenters. The third-order valence-corrected chi connectivity index (χ3v) is 3.47. The molecule has 0 unspecified atom stereocenters. The molecule has 3 rings (SSSR count). The molecule has 5 heteroatoms. The smallest absolute Gasteiger partial charge is 0.304 e. The molecule has 1 aliphatic rings. The maximum atomic E-state index is 10.9. The summed E-state index contributed by atoms with van der Waals surface area (Å²) in [6.07, 6.45) is 5.38. The highest BCUT2D eigenvalue weighted by Gasteiger charge is 2.45. The lowest BCUT2D eigenvalue weighted by molar-refractivity contribution is -0.137. The Kier molecular flexibility index (Phi) is 2.40. The molecule has 1 aromatic heterocycles. The third-order valence-electron chi connectivity index (χ3n) is 3.47. The molecule has 1 saturated carbocycles. The second-order valence-electron chi connectivity index (χ2n) is 4.72. The third kappa shape index (κ3) is 1.88. The normalized spacial score (nSPS) is 16.4. The van der Waals surface area contributed by atoms with Crippen LogP contribution >= 0.6 is 0 Å². The number of rotatable bonds is 4. The van der Waals surface area contributed by atoms with Gasteiger partial charge < -0.3 is 5.11 Å². The van der Waals surface area contributed by atoms with Gasteiger partial charge in [0.2, 0.25) is 0 Å². The molecule has 2 aromatic rings. The van der Waals surface area contributed by atoms with E-state index >= 15 is 0 Å². The van der Waals surface area contributed by atoms with Crippen LogP contribution in [0, 0.1) is 0 Å². The van der Waals surface area contributed by atoms with E-state index in [1.54, 1.807) is 17.2 Å². The van der Waals surface area contributed by atoms with Gasteiger partial charge in [0.15, 0.2) is 0 Å². The average Bonchev–Trinajstić information content (AvgIpc) is 2.93. The molecule has 0 bridgehead atoms. The molecule has 0 saturated heterocycles. The monoisotopic (exact) mass is 243 g/mol. The van der Waals surface area contributed by atoms with Crippen LogP contribution in [0.2, 0.25) is 0 Å². The van der Waals surface area contributed by atoms with E-state index in [4.69, 9.17) is 5.11 Å². The molecule has 0 spiro atoms. The molecule has 18 heavy (non-hydrogen) atoms. The fraction of sp³-hybridized carbons (Fsp3) is 0.308. The molecule has 0 aliphatic heterocycles. The molecular formula is C13H13N3O2. The van der Waals surface area contributed by atoms with Gasteiger partial charge in [0.1, 0.15) is 0 Å². The van der Waals surface area contributed by atoms with Crippen molar-refractivity contribution in [3.63, 3.8) is 0 Å². The minimum atomic E-state index is -0.731. The standard InChI is InChI=1S/C13H13N3O2/c17-12(18)9-13(5-6-13)10-1-3-11(4-2-10)16-14-7-8-15-16/h1-4,7-8H,5-6,9H2,(H,17,18). The van der Waals surface area contributed by atoms with E-state index in [1.165, 1.54) is 0 Å². The Balaban J connectivity index is 1.86. The summed E-state index contributed by atoms with van der Waals surface area (Å²) in [5.41, 5.74) is 1.85. The van der Waals surface area contributed by atoms with Crippen LogP contribution in [0.1, 0.15) is 24.8 Å². The summed E-state index contributed by atoms with van der Waals surface area (Å²) in [5.74, 6) is -0.731. The number of nitrogens with zero attached hydrogens (tertiary/aromatic N) is 3. The Labute approximate surface area is 104 Å². The van der Waals surface area contributed by atoms with E-state index in [9.17, 15) is 4.79 Å². The molecule has 1 aromatic carbocycles. The van der Waals surface area contributed by atoms with Crippen LogP contribution in [-0.2, 0) is 10.2 Å². The number of hydrogen-bond acceptors (Lipinski definition) is 3. The maximum absolute atomic E-state index is 10.9. The van der Waals surface area contributed by atoms with E-state index in [1.807, 2.05) is 24.3 Å². The van der Waals surface area contributed by atoms with Crippen LogP contribution in [0.5, 0.6) is 0 Å². The first-order valence-corrected chi connectivity index (χ1v) is 5.89. The van der Waals surface area contributed by atoms with Gasteiger partial charge in [0, 0.05) is 5.41 Å². The van der Waals surface area contributed by atoms with Crippen molar-refractivity contribution in [2.75, 3.05) is 0 Å². The van der Waals surface area contributed by atoms with Crippen LogP contribution in [0.15, 0.2) is 36.7 Å². The van der Waals surface area contributed by atoms with E-state index in [0.29, 0.717) is 0 Å². The summed E-state index contributed by atoms with van der Waals surface area (Å²) < 4.78 is 0. The number of hydrogen-bond donors (Lipinski definition) is 1. The Morgan fingerprint density at radius 2 is 1.83 bits per heavy atom. The highest BCUT2D eigenvalue weighted by molar-refractivity contribution is 5.70. The van der Waals surface area contributed by atoms with Gasteiger partial charge in [-0.15, -0.1) is 0 Å². The first kappa shape index (κ1) is 11.0. The number of benzene rings is 1. The molecular weight excluding hydrogens is 230 g/mol. The molecule has 1 N–H and O–H groups in total. The zero-order valence-electron chi connectivity index (χ0n) is 9.78. The summed E-state index contributed by atoms with van der Waals surface area (Å²) in [5, 5.41) is 17.0. The maximum Gasteiger partial charge on any atom is 0.304 e. The number of carboxylic acids is 1. The van der Waals surface area contributed by atoms with Crippen molar-refractivity contribution in [1.29, 1.82) is 0 Å². The number of aromatic nitrogens is 3. The summed E-state index contributed by atoms with van der Waals surface area (Å²) in [4.78, 5) is 12.4. The molecule has 92 valence electrons. The first-order chi connectivity index (χ1) is 8.70. The molecule has 1 aliphatic carbocycles. The van der Waals surface area contributed by atoms with Crippen molar-refractivity contribution < 1.29 is 9.90 Å². The Morgan fingerprint density at radius 1 is 1.22 bits per heavy atom. The van der Waals surface area contributed by atoms with Crippen molar-refractivity contribution in [3.05, 3.63) is 42.2 Å². The lowest BCUT2D eigenvalue weighted by atomic mass is 9.92. The van der Waals surface area contributed by atoms with Crippen molar-refractivity contribution in [3.8, 4) is 5.69 Å². The van der Waals surface area contributed by atoms with Gasteiger partial charge in [0.25, 0.3) is 0 Å². The minimum absolute atomic E-state index is 0.137. The number of aliphatic carboxylic acids is 1. The van der Waals surface area contributed by atoms with Crippen molar-refractivity contribution in [1.82, 2.24) is 15.0 Å². The van der Waals surface area contributed by atoms with Crippen molar-refractivity contribution in [2.24, 2.45) is 0 Å². The molecule has 0 radical (unpaired) electrons. The largest absolute Gasteiger partial charge is 0.481 e. The Bertz CT molecular complexity index is 556. The lowest BCUT2D eigenvalue weighted by Crippen LogP contribution is -2.13. The van der Waals surface area contributed by atoms with Crippen LogP contribution in [-0.4, -0.2) is 26.1 Å². The van der Waals surface area contributed by atoms with Crippen LogP contribution in [0.3, 0.4) is 0 Å². The summed E-state index contributed by atoms with van der Waals surface area (Å²) in [6.45, 7) is 0. The van der Waals surface area contributed by atoms with Gasteiger partial charge >= 0.3 is 5.97 Å². The van der Waals surface area contributed by atoms with Crippen molar-refractivity contribution >= 4 is 5.97 Å². The van der Waals surface area contributed by atoms with E-state index in [-0.39, 0.29) is 11.8 Å². The zero-order valence-corrected chi connectivity index (χ0v) is 9.78. The predicted octanol–water partition coefficient (Wildman–Crippen LogP) is 1.77. The molecule has 0 amide bonds. The zero-order chi connectivity index (χ0) is 12.6. The fourth-order valence-electron chi connectivity index (χ4n) is 2.31. The number of carbonyl (C=O) groups is 1. The second kappa shape index (κ2) is 3.94.